The van der Waals surface area contributed by atoms with E-state index in [0.29, 0.717) is 18.8 Å². The third-order valence-electron chi connectivity index (χ3n) is 5.66. The lowest BCUT2D eigenvalue weighted by Gasteiger charge is -2.16. The zero-order chi connectivity index (χ0) is 19.8. The number of nitrogens with two attached hydrogens (primary N) is 1. The van der Waals surface area contributed by atoms with Crippen molar-refractivity contribution in [3.05, 3.63) is 35.0 Å². The highest BCUT2D eigenvalue weighted by Gasteiger charge is 2.29. The molecule has 0 bridgehead atoms. The van der Waals surface area contributed by atoms with Gasteiger partial charge in [0.25, 0.3) is 0 Å². The van der Waals surface area contributed by atoms with Crippen LogP contribution in [0.1, 0.15) is 36.1 Å². The molecule has 2 unspecified atom stereocenters. The minimum atomic E-state index is -0.480. The summed E-state index contributed by atoms with van der Waals surface area (Å²) in [6, 6.07) is 3.87. The van der Waals surface area contributed by atoms with Crippen molar-refractivity contribution < 1.29 is 9.53 Å². The summed E-state index contributed by atoms with van der Waals surface area (Å²) >= 11 is 1.78. The Morgan fingerprint density at radius 3 is 2.97 bits per heavy atom. The van der Waals surface area contributed by atoms with Crippen LogP contribution in [0.15, 0.2) is 24.5 Å². The van der Waals surface area contributed by atoms with E-state index in [-0.39, 0.29) is 12.0 Å². The molecule has 1 saturated heterocycles. The predicted molar refractivity (Wildman–Crippen MR) is 113 cm³/mol. The van der Waals surface area contributed by atoms with Gasteiger partial charge in [-0.2, -0.15) is 0 Å². The lowest BCUT2D eigenvalue weighted by Crippen LogP contribution is -2.30. The number of pyridine rings is 1. The number of amides is 1. The molecule has 1 amide bonds. The first-order valence-corrected chi connectivity index (χ1v) is 10.9. The number of aromatic nitrogens is 3. The van der Waals surface area contributed by atoms with Gasteiger partial charge in [0.05, 0.1) is 11.5 Å². The van der Waals surface area contributed by atoms with Crippen molar-refractivity contribution in [3.8, 4) is 11.4 Å². The first-order chi connectivity index (χ1) is 14.2. The molecule has 0 aromatic carbocycles. The van der Waals surface area contributed by atoms with Crippen molar-refractivity contribution in [2.24, 2.45) is 5.73 Å². The normalized spacial score (nSPS) is 21.2. The topological polar surface area (TPSA) is 103 Å². The number of aryl methyl sites for hydroxylation is 2. The molecule has 3 N–H and O–H groups in total. The zero-order valence-electron chi connectivity index (χ0n) is 16.1. The minimum absolute atomic E-state index is 0.0474. The Morgan fingerprint density at radius 2 is 2.17 bits per heavy atom. The van der Waals surface area contributed by atoms with Gasteiger partial charge in [-0.15, -0.1) is 11.3 Å². The van der Waals surface area contributed by atoms with Crippen LogP contribution in [0.2, 0.25) is 0 Å². The lowest BCUT2D eigenvalue weighted by molar-refractivity contribution is -0.128. The van der Waals surface area contributed by atoms with E-state index < -0.39 is 6.10 Å². The number of hydrogen-bond acceptors (Lipinski definition) is 7. The Labute approximate surface area is 172 Å². The fraction of sp³-hybridized carbons (Fsp3) is 0.429. The van der Waals surface area contributed by atoms with Crippen LogP contribution in [0.3, 0.4) is 0 Å². The maximum atomic E-state index is 11.4. The second kappa shape index (κ2) is 7.68. The van der Waals surface area contributed by atoms with Crippen LogP contribution in [0.25, 0.3) is 21.6 Å². The average Bonchev–Trinajstić information content (AvgIpc) is 3.37. The number of nitrogens with one attached hydrogen (secondary N) is 1. The fourth-order valence-electron chi connectivity index (χ4n) is 4.19. The highest BCUT2D eigenvalue weighted by atomic mass is 32.1. The van der Waals surface area contributed by atoms with Gasteiger partial charge in [0.1, 0.15) is 16.8 Å². The number of hydrogen-bond donors (Lipinski definition) is 2. The Bertz CT molecular complexity index is 1050. The number of carbonyl (C=O) groups excluding carboxylic acids is 1. The van der Waals surface area contributed by atoms with Crippen LogP contribution in [0, 0.1) is 0 Å². The van der Waals surface area contributed by atoms with Gasteiger partial charge in [-0.05, 0) is 56.2 Å². The smallest absolute Gasteiger partial charge is 0.246 e. The molecule has 0 radical (unpaired) electrons. The van der Waals surface area contributed by atoms with Crippen LogP contribution in [-0.4, -0.2) is 39.6 Å². The van der Waals surface area contributed by atoms with Gasteiger partial charge in [-0.1, -0.05) is 0 Å². The van der Waals surface area contributed by atoms with Gasteiger partial charge < -0.3 is 15.8 Å². The van der Waals surface area contributed by atoms with Crippen LogP contribution in [0.4, 0.5) is 5.82 Å². The summed E-state index contributed by atoms with van der Waals surface area (Å²) in [6.07, 6.45) is 9.12. The third-order valence-corrected chi connectivity index (χ3v) is 6.84. The van der Waals surface area contributed by atoms with E-state index in [1.165, 1.54) is 23.3 Å². The predicted octanol–water partition coefficient (Wildman–Crippen LogP) is 3.08. The number of carbonyl (C=O) groups is 1. The van der Waals surface area contributed by atoms with Gasteiger partial charge in [0, 0.05) is 29.4 Å². The van der Waals surface area contributed by atoms with Gasteiger partial charge >= 0.3 is 0 Å². The average molecular weight is 410 g/mol. The molecule has 29 heavy (non-hydrogen) atoms. The molecule has 4 heterocycles. The molecule has 5 rings (SSSR count). The number of ether oxygens (including phenoxy) is 1. The van der Waals surface area contributed by atoms with Crippen LogP contribution >= 0.6 is 11.3 Å². The Morgan fingerprint density at radius 1 is 1.28 bits per heavy atom. The van der Waals surface area contributed by atoms with Crippen molar-refractivity contribution in [2.45, 2.75) is 50.7 Å². The molecule has 1 aliphatic carbocycles. The summed E-state index contributed by atoms with van der Waals surface area (Å²) in [7, 11) is 0. The lowest BCUT2D eigenvalue weighted by atomic mass is 9.97. The molecule has 3 aromatic heterocycles. The van der Waals surface area contributed by atoms with E-state index in [1.54, 1.807) is 23.7 Å². The zero-order valence-corrected chi connectivity index (χ0v) is 16.9. The van der Waals surface area contributed by atoms with Crippen LogP contribution in [0.5, 0.6) is 0 Å². The molecule has 1 fully saturated rings. The van der Waals surface area contributed by atoms with E-state index >= 15 is 0 Å². The molecule has 2 aliphatic rings. The van der Waals surface area contributed by atoms with E-state index in [1.807, 2.05) is 12.1 Å². The maximum absolute atomic E-state index is 11.4. The molecule has 8 heteroatoms. The first-order valence-electron chi connectivity index (χ1n) is 10.1. The number of nitrogens with zero attached hydrogens (tertiary/aromatic N) is 3. The quantitative estimate of drug-likeness (QED) is 0.671. The molecule has 3 aromatic rings. The summed E-state index contributed by atoms with van der Waals surface area (Å²) < 4.78 is 5.78. The van der Waals surface area contributed by atoms with Crippen molar-refractivity contribution in [3.63, 3.8) is 0 Å². The third kappa shape index (κ3) is 3.58. The maximum Gasteiger partial charge on any atom is 0.246 e. The number of fused-ring (bicyclic) bond motifs is 3. The summed E-state index contributed by atoms with van der Waals surface area (Å²) in [5, 5.41) is 4.63. The van der Waals surface area contributed by atoms with Gasteiger partial charge in [0.2, 0.25) is 5.91 Å². The fourth-order valence-corrected chi connectivity index (χ4v) is 5.45. The SMILES string of the molecule is NC(=O)C1CCC(CNc2nc(-c3cccnc3)nc3sc4c(c23)CCCC4)O1. The highest BCUT2D eigenvalue weighted by molar-refractivity contribution is 7.19. The van der Waals surface area contributed by atoms with Crippen molar-refractivity contribution >= 4 is 33.3 Å². The largest absolute Gasteiger partial charge is 0.367 e. The van der Waals surface area contributed by atoms with Gasteiger partial charge in [0.15, 0.2) is 5.82 Å². The number of primary amides is 1. The first kappa shape index (κ1) is 18.4. The molecule has 0 saturated carbocycles. The summed E-state index contributed by atoms with van der Waals surface area (Å²) in [5.74, 6) is 1.14. The number of anilines is 1. The summed E-state index contributed by atoms with van der Waals surface area (Å²) in [4.78, 5) is 27.8. The van der Waals surface area contributed by atoms with E-state index in [0.717, 1.165) is 40.9 Å². The van der Waals surface area contributed by atoms with E-state index in [4.69, 9.17) is 20.4 Å². The molecule has 2 atom stereocenters. The van der Waals surface area contributed by atoms with E-state index in [2.05, 4.69) is 10.3 Å². The molecule has 1 aliphatic heterocycles. The van der Waals surface area contributed by atoms with Crippen LogP contribution in [-0.2, 0) is 22.4 Å². The van der Waals surface area contributed by atoms with Crippen molar-refractivity contribution in [1.82, 2.24) is 15.0 Å². The molecule has 150 valence electrons. The van der Waals surface area contributed by atoms with Crippen molar-refractivity contribution in [2.75, 3.05) is 11.9 Å². The van der Waals surface area contributed by atoms with E-state index in [9.17, 15) is 4.79 Å². The molecule has 7 nitrogen and oxygen atoms in total. The Kier molecular flexibility index (Phi) is 4.89. The number of thiophene rings is 1. The Balaban J connectivity index is 1.50. The monoisotopic (exact) mass is 409 g/mol. The summed E-state index contributed by atoms with van der Waals surface area (Å²) in [6.45, 7) is 0.590. The summed E-state index contributed by atoms with van der Waals surface area (Å²) in [5.41, 5.74) is 7.66. The number of rotatable bonds is 5. The second-order valence-electron chi connectivity index (χ2n) is 7.64. The van der Waals surface area contributed by atoms with Crippen LogP contribution < -0.4 is 11.1 Å². The molecular weight excluding hydrogens is 386 g/mol. The van der Waals surface area contributed by atoms with Crippen molar-refractivity contribution in [1.29, 1.82) is 0 Å². The Hall–Kier alpha value is -2.58. The van der Waals surface area contributed by atoms with Gasteiger partial charge in [-0.3, -0.25) is 9.78 Å². The standard InChI is InChI=1S/C21H23N5O2S/c22-18(27)15-8-7-13(28-15)11-24-20-17-14-5-1-2-6-16(14)29-21(17)26-19(25-20)12-4-3-9-23-10-12/h3-4,9-10,13,15H,1-2,5-8,11H2,(H2,22,27)(H,24,25,26). The molecule has 0 spiro atoms. The highest BCUT2D eigenvalue weighted by Crippen LogP contribution is 2.39. The second-order valence-corrected chi connectivity index (χ2v) is 8.72. The van der Waals surface area contributed by atoms with Gasteiger partial charge in [-0.25, -0.2) is 9.97 Å². The minimum Gasteiger partial charge on any atom is -0.367 e. The molecular formula is C21H23N5O2S.